The van der Waals surface area contributed by atoms with Crippen LogP contribution in [0.4, 0.5) is 4.79 Å². The standard InChI is InChI=1S/C18H32N6O/c1-16(14-22-12-10-21(2)11-13-22)20-18(25)23-8-4-17(5-9-23)15-24-7-3-6-19-24/h3,6-7,16-17H,4-5,8-15H2,1-2H3,(H,20,25)/t16-/m1/s1. The van der Waals surface area contributed by atoms with Crippen LogP contribution in [-0.4, -0.2) is 89.4 Å². The molecule has 0 radical (unpaired) electrons. The molecule has 1 N–H and O–H groups in total. The zero-order valence-corrected chi connectivity index (χ0v) is 15.6. The lowest BCUT2D eigenvalue weighted by Gasteiger charge is -2.35. The molecule has 7 heteroatoms. The maximum Gasteiger partial charge on any atom is 0.317 e. The van der Waals surface area contributed by atoms with Gasteiger partial charge >= 0.3 is 6.03 Å². The van der Waals surface area contributed by atoms with E-state index >= 15 is 0 Å². The summed E-state index contributed by atoms with van der Waals surface area (Å²) in [5.74, 6) is 0.617. The van der Waals surface area contributed by atoms with E-state index in [0.717, 1.165) is 65.2 Å². The van der Waals surface area contributed by atoms with Gasteiger partial charge in [0.2, 0.25) is 0 Å². The summed E-state index contributed by atoms with van der Waals surface area (Å²) in [5, 5.41) is 7.46. The van der Waals surface area contributed by atoms with Gasteiger partial charge in [-0.2, -0.15) is 5.10 Å². The fraction of sp³-hybridized carbons (Fsp3) is 0.778. The quantitative estimate of drug-likeness (QED) is 0.860. The normalized spacial score (nSPS) is 22.1. The van der Waals surface area contributed by atoms with Gasteiger partial charge < -0.3 is 15.1 Å². The second-order valence-corrected chi connectivity index (χ2v) is 7.61. The molecule has 2 fully saturated rings. The Morgan fingerprint density at radius 1 is 1.20 bits per heavy atom. The molecule has 1 atom stereocenters. The summed E-state index contributed by atoms with van der Waals surface area (Å²) in [6, 6.07) is 2.25. The fourth-order valence-corrected chi connectivity index (χ4v) is 3.76. The van der Waals surface area contributed by atoms with Crippen molar-refractivity contribution < 1.29 is 4.79 Å². The van der Waals surface area contributed by atoms with Crippen molar-refractivity contribution >= 4 is 6.03 Å². The average Bonchev–Trinajstić information content (AvgIpc) is 3.10. The zero-order valence-electron chi connectivity index (χ0n) is 15.6. The molecule has 2 amide bonds. The molecule has 0 saturated carbocycles. The van der Waals surface area contributed by atoms with Crippen molar-refractivity contribution in [2.75, 3.05) is 52.9 Å². The molecular formula is C18H32N6O. The number of nitrogens with zero attached hydrogens (tertiary/aromatic N) is 5. The van der Waals surface area contributed by atoms with Crippen molar-refractivity contribution in [1.29, 1.82) is 0 Å². The highest BCUT2D eigenvalue weighted by molar-refractivity contribution is 5.74. The van der Waals surface area contributed by atoms with Crippen LogP contribution in [0.1, 0.15) is 19.8 Å². The number of likely N-dealkylation sites (N-methyl/N-ethyl adjacent to an activating group) is 1. The number of carbonyl (C=O) groups excluding carboxylic acids is 1. The Hall–Kier alpha value is -1.60. The molecule has 0 bridgehead atoms. The van der Waals surface area contributed by atoms with Gasteiger partial charge in [0, 0.05) is 70.8 Å². The Labute approximate surface area is 150 Å². The predicted molar refractivity (Wildman–Crippen MR) is 98.5 cm³/mol. The number of piperazine rings is 1. The van der Waals surface area contributed by atoms with E-state index in [4.69, 9.17) is 0 Å². The van der Waals surface area contributed by atoms with E-state index in [9.17, 15) is 4.79 Å². The number of urea groups is 1. The molecule has 2 aliphatic heterocycles. The number of hydrogen-bond acceptors (Lipinski definition) is 4. The van der Waals surface area contributed by atoms with Crippen LogP contribution in [0.3, 0.4) is 0 Å². The van der Waals surface area contributed by atoms with Crippen LogP contribution < -0.4 is 5.32 Å². The minimum atomic E-state index is 0.0965. The molecule has 2 saturated heterocycles. The molecule has 2 aliphatic rings. The van der Waals surface area contributed by atoms with Gasteiger partial charge in [-0.15, -0.1) is 0 Å². The van der Waals surface area contributed by atoms with E-state index < -0.39 is 0 Å². The molecular weight excluding hydrogens is 316 g/mol. The Morgan fingerprint density at radius 2 is 1.92 bits per heavy atom. The van der Waals surface area contributed by atoms with Crippen LogP contribution in [0, 0.1) is 5.92 Å². The van der Waals surface area contributed by atoms with Gasteiger partial charge in [0.15, 0.2) is 0 Å². The largest absolute Gasteiger partial charge is 0.334 e. The van der Waals surface area contributed by atoms with Crippen molar-refractivity contribution in [2.45, 2.75) is 32.4 Å². The maximum absolute atomic E-state index is 12.5. The Bertz CT molecular complexity index is 518. The Morgan fingerprint density at radius 3 is 2.56 bits per heavy atom. The summed E-state index contributed by atoms with van der Waals surface area (Å²) in [6.45, 7) is 10.1. The fourth-order valence-electron chi connectivity index (χ4n) is 3.76. The maximum atomic E-state index is 12.5. The van der Waals surface area contributed by atoms with Crippen molar-refractivity contribution in [3.05, 3.63) is 18.5 Å². The van der Waals surface area contributed by atoms with Crippen molar-refractivity contribution in [2.24, 2.45) is 5.92 Å². The van der Waals surface area contributed by atoms with Crippen LogP contribution in [0.15, 0.2) is 18.5 Å². The predicted octanol–water partition coefficient (Wildman–Crippen LogP) is 0.941. The molecule has 1 aromatic rings. The summed E-state index contributed by atoms with van der Waals surface area (Å²) in [7, 11) is 2.17. The molecule has 1 aromatic heterocycles. The van der Waals surface area contributed by atoms with Crippen LogP contribution >= 0.6 is 0 Å². The number of hydrogen-bond donors (Lipinski definition) is 1. The summed E-state index contributed by atoms with van der Waals surface area (Å²) in [5.41, 5.74) is 0. The van der Waals surface area contributed by atoms with E-state index in [1.807, 2.05) is 28.0 Å². The van der Waals surface area contributed by atoms with Gasteiger partial charge in [0.1, 0.15) is 0 Å². The lowest BCUT2D eigenvalue weighted by atomic mass is 9.97. The third-order valence-corrected chi connectivity index (χ3v) is 5.40. The van der Waals surface area contributed by atoms with Crippen molar-refractivity contribution in [3.8, 4) is 0 Å². The second kappa shape index (κ2) is 8.67. The number of amides is 2. The lowest BCUT2D eigenvalue weighted by molar-refractivity contribution is 0.137. The minimum absolute atomic E-state index is 0.0965. The summed E-state index contributed by atoms with van der Waals surface area (Å²) < 4.78 is 2.00. The molecule has 25 heavy (non-hydrogen) atoms. The third kappa shape index (κ3) is 5.44. The van der Waals surface area contributed by atoms with Crippen LogP contribution in [0.2, 0.25) is 0 Å². The molecule has 0 spiro atoms. The first-order valence-electron chi connectivity index (χ1n) is 9.54. The van der Waals surface area contributed by atoms with E-state index in [2.05, 4.69) is 34.2 Å². The van der Waals surface area contributed by atoms with Gasteiger partial charge in [-0.05, 0) is 38.8 Å². The molecule has 0 unspecified atom stereocenters. The summed E-state index contributed by atoms with van der Waals surface area (Å²) >= 11 is 0. The van der Waals surface area contributed by atoms with Crippen LogP contribution in [0.25, 0.3) is 0 Å². The number of rotatable bonds is 5. The highest BCUT2D eigenvalue weighted by atomic mass is 16.2. The molecule has 0 aliphatic carbocycles. The van der Waals surface area contributed by atoms with E-state index in [0.29, 0.717) is 5.92 Å². The highest BCUT2D eigenvalue weighted by Gasteiger charge is 2.24. The smallest absolute Gasteiger partial charge is 0.317 e. The van der Waals surface area contributed by atoms with Crippen LogP contribution in [0.5, 0.6) is 0 Å². The number of piperidine rings is 1. The van der Waals surface area contributed by atoms with Crippen molar-refractivity contribution in [1.82, 2.24) is 29.8 Å². The van der Waals surface area contributed by atoms with Gasteiger partial charge in [-0.25, -0.2) is 4.79 Å². The van der Waals surface area contributed by atoms with E-state index in [1.54, 1.807) is 0 Å². The van der Waals surface area contributed by atoms with E-state index in [1.165, 1.54) is 0 Å². The number of nitrogens with one attached hydrogen (secondary N) is 1. The molecule has 7 nitrogen and oxygen atoms in total. The lowest BCUT2D eigenvalue weighted by Crippen LogP contribution is -2.52. The molecule has 140 valence electrons. The Kier molecular flexibility index (Phi) is 6.31. The summed E-state index contributed by atoms with van der Waals surface area (Å²) in [4.78, 5) is 19.3. The number of aromatic nitrogens is 2. The first-order chi connectivity index (χ1) is 12.1. The van der Waals surface area contributed by atoms with Gasteiger partial charge in [0.25, 0.3) is 0 Å². The Balaban J connectivity index is 1.36. The van der Waals surface area contributed by atoms with Crippen LogP contribution in [-0.2, 0) is 6.54 Å². The second-order valence-electron chi connectivity index (χ2n) is 7.61. The van der Waals surface area contributed by atoms with Gasteiger partial charge in [-0.3, -0.25) is 9.58 Å². The number of likely N-dealkylation sites (tertiary alicyclic amines) is 1. The zero-order chi connectivity index (χ0) is 17.6. The molecule has 3 rings (SSSR count). The first kappa shape index (κ1) is 18.2. The first-order valence-corrected chi connectivity index (χ1v) is 9.54. The van der Waals surface area contributed by atoms with Gasteiger partial charge in [-0.1, -0.05) is 0 Å². The van der Waals surface area contributed by atoms with Crippen molar-refractivity contribution in [3.63, 3.8) is 0 Å². The van der Waals surface area contributed by atoms with E-state index in [-0.39, 0.29) is 12.1 Å². The number of carbonyl (C=O) groups is 1. The highest BCUT2D eigenvalue weighted by Crippen LogP contribution is 2.19. The van der Waals surface area contributed by atoms with Gasteiger partial charge in [0.05, 0.1) is 0 Å². The monoisotopic (exact) mass is 348 g/mol. The molecule has 3 heterocycles. The topological polar surface area (TPSA) is 56.6 Å². The minimum Gasteiger partial charge on any atom is -0.334 e. The SMILES string of the molecule is C[C@H](CN1CCN(C)CC1)NC(=O)N1CCC(Cn2cccn2)CC1. The summed E-state index contributed by atoms with van der Waals surface area (Å²) in [6.07, 6.45) is 5.95. The average molecular weight is 348 g/mol. The molecule has 0 aromatic carbocycles. The third-order valence-electron chi connectivity index (χ3n) is 5.40.